The molecule has 1 saturated carbocycles. The Hall–Kier alpha value is -1.91. The molecule has 2 rings (SSSR count). The number of nitrogens with one attached hydrogen (secondary N) is 1. The lowest BCUT2D eigenvalue weighted by Crippen LogP contribution is -2.43. The van der Waals surface area contributed by atoms with Crippen LogP contribution in [0.4, 0.5) is 4.79 Å². The maximum absolute atomic E-state index is 13.1. The van der Waals surface area contributed by atoms with Crippen LogP contribution in [0.15, 0.2) is 28.6 Å². The first kappa shape index (κ1) is 19.4. The molecule has 2 atom stereocenters. The Morgan fingerprint density at radius 3 is 2.52 bits per heavy atom. The fourth-order valence-corrected chi connectivity index (χ4v) is 3.73. The van der Waals surface area contributed by atoms with Crippen molar-refractivity contribution in [1.82, 2.24) is 9.62 Å². The van der Waals surface area contributed by atoms with Crippen LogP contribution in [0.2, 0.25) is 0 Å². The Bertz CT molecular complexity index is 786. The monoisotopic (exact) mass is 385 g/mol. The van der Waals surface area contributed by atoms with Gasteiger partial charge in [-0.15, -0.1) is 0 Å². The molecule has 2 unspecified atom stereocenters. The van der Waals surface area contributed by atoms with E-state index >= 15 is 0 Å². The third-order valence-electron chi connectivity index (χ3n) is 4.10. The van der Waals surface area contributed by atoms with Gasteiger partial charge in [0, 0.05) is 18.5 Å². The van der Waals surface area contributed by atoms with Gasteiger partial charge in [-0.2, -0.15) is 12.8 Å². The second-order valence-electron chi connectivity index (χ2n) is 5.36. The zero-order chi connectivity index (χ0) is 18.6. The van der Waals surface area contributed by atoms with Gasteiger partial charge in [0.1, 0.15) is 11.2 Å². The highest BCUT2D eigenvalue weighted by Crippen LogP contribution is 2.52. The average Bonchev–Trinajstić information content (AvgIpc) is 3.30. The number of ether oxygens (including phenoxy) is 1. The molecule has 1 aromatic carbocycles. The van der Waals surface area contributed by atoms with Crippen molar-refractivity contribution in [3.8, 4) is 5.75 Å². The molecule has 8 nitrogen and oxygen atoms in total. The molecule has 0 aromatic heterocycles. The predicted molar refractivity (Wildman–Crippen MR) is 93.9 cm³/mol. The van der Waals surface area contributed by atoms with Crippen molar-refractivity contribution in [2.45, 2.75) is 24.8 Å². The van der Waals surface area contributed by atoms with Gasteiger partial charge in [0.25, 0.3) is 0 Å². The molecule has 1 N–H and O–H groups in total. The van der Waals surface area contributed by atoms with Crippen molar-refractivity contribution in [1.29, 1.82) is 0 Å². The number of methoxy groups -OCH3 is 1. The largest absolute Gasteiger partial charge is 0.497 e. The lowest BCUT2D eigenvalue weighted by molar-refractivity contribution is -0.130. The van der Waals surface area contributed by atoms with Crippen molar-refractivity contribution in [2.75, 3.05) is 20.7 Å². The highest BCUT2D eigenvalue weighted by atomic mass is 32.2. The number of hydrogen-bond acceptors (Lipinski definition) is 8. The topological polar surface area (TPSA) is 105 Å². The predicted octanol–water partition coefficient (Wildman–Crippen LogP) is 1.60. The minimum Gasteiger partial charge on any atom is -0.497 e. The Morgan fingerprint density at radius 2 is 2.04 bits per heavy atom. The van der Waals surface area contributed by atoms with Gasteiger partial charge in [-0.1, -0.05) is 12.1 Å². The van der Waals surface area contributed by atoms with Gasteiger partial charge in [-0.05, 0) is 38.1 Å². The fourth-order valence-electron chi connectivity index (χ4n) is 2.77. The van der Waals surface area contributed by atoms with Crippen LogP contribution in [-0.2, 0) is 20.7 Å². The number of likely N-dealkylation sites (N-methyl/N-ethyl adjacent to an activating group) is 1. The smallest absolute Gasteiger partial charge is 0.311 e. The van der Waals surface area contributed by atoms with E-state index in [1.54, 1.807) is 38.2 Å². The Labute approximate surface area is 151 Å². The van der Waals surface area contributed by atoms with Crippen molar-refractivity contribution >= 4 is 33.6 Å². The number of amides is 2. The summed E-state index contributed by atoms with van der Waals surface area (Å²) in [4.78, 5) is 26.4. The van der Waals surface area contributed by atoms with Crippen LogP contribution in [0.5, 0.6) is 5.75 Å². The molecule has 1 aromatic rings. The van der Waals surface area contributed by atoms with Crippen LogP contribution >= 0.6 is 11.9 Å². The lowest BCUT2D eigenvalue weighted by atomic mass is 9.93. The van der Waals surface area contributed by atoms with Crippen LogP contribution in [0.25, 0.3) is 0 Å². The van der Waals surface area contributed by atoms with Gasteiger partial charge in [0.2, 0.25) is 5.91 Å². The lowest BCUT2D eigenvalue weighted by Gasteiger charge is -2.24. The summed E-state index contributed by atoms with van der Waals surface area (Å²) in [5.74, 6) is 0.161. The Morgan fingerprint density at radius 1 is 1.40 bits per heavy atom. The Kier molecular flexibility index (Phi) is 6.20. The van der Waals surface area contributed by atoms with E-state index in [-0.39, 0.29) is 13.0 Å². The Balaban J connectivity index is 2.44. The molecular formula is C15H19N3O5S2. The molecule has 2 amide bonds. The number of rotatable bonds is 6. The first-order chi connectivity index (χ1) is 11.9. The SMILES string of the molecule is CCN(C(=O)SNC)C(=O)C1(c2ccc(OC)cc2)CC1N=S(=O)=O. The zero-order valence-electron chi connectivity index (χ0n) is 14.1. The van der Waals surface area contributed by atoms with Crippen LogP contribution in [0, 0.1) is 0 Å². The normalized spacial score (nSPS) is 21.3. The van der Waals surface area contributed by atoms with E-state index in [1.165, 1.54) is 7.11 Å². The molecule has 0 radical (unpaired) electrons. The first-order valence-electron chi connectivity index (χ1n) is 7.55. The van der Waals surface area contributed by atoms with Gasteiger partial charge in [0.15, 0.2) is 0 Å². The number of benzene rings is 1. The highest BCUT2D eigenvalue weighted by molar-refractivity contribution is 8.11. The standard InChI is InChI=1S/C15H19N3O5S2/c1-4-18(14(20)24-16-2)13(19)15(9-12(15)17-25(21)22)10-5-7-11(23-3)8-6-10/h5-8,12,16H,4,9H2,1-3H3. The number of carbonyl (C=O) groups is 2. The fraction of sp³-hybridized carbons (Fsp3) is 0.467. The van der Waals surface area contributed by atoms with Crippen molar-refractivity contribution in [3.63, 3.8) is 0 Å². The number of nitrogens with zero attached hydrogens (tertiary/aromatic N) is 2. The van der Waals surface area contributed by atoms with E-state index < -0.39 is 33.1 Å². The van der Waals surface area contributed by atoms with Crippen molar-refractivity contribution in [2.24, 2.45) is 4.36 Å². The molecule has 25 heavy (non-hydrogen) atoms. The quantitative estimate of drug-likeness (QED) is 0.742. The minimum atomic E-state index is -2.63. The third kappa shape index (κ3) is 3.86. The van der Waals surface area contributed by atoms with Gasteiger partial charge in [-0.3, -0.25) is 19.2 Å². The number of hydrogen-bond donors (Lipinski definition) is 1. The highest BCUT2D eigenvalue weighted by Gasteiger charge is 2.64. The summed E-state index contributed by atoms with van der Waals surface area (Å²) in [6, 6.07) is 6.06. The molecule has 1 aliphatic carbocycles. The first-order valence-corrected chi connectivity index (χ1v) is 9.39. The maximum atomic E-state index is 13.1. The summed E-state index contributed by atoms with van der Waals surface area (Å²) in [7, 11) is 0.477. The summed E-state index contributed by atoms with van der Waals surface area (Å²) in [6.45, 7) is 1.87. The van der Waals surface area contributed by atoms with E-state index in [1.807, 2.05) is 0 Å². The second-order valence-corrected chi connectivity index (χ2v) is 6.97. The van der Waals surface area contributed by atoms with E-state index in [0.29, 0.717) is 11.3 Å². The molecule has 10 heteroatoms. The van der Waals surface area contributed by atoms with Crippen LogP contribution < -0.4 is 9.46 Å². The molecule has 0 aliphatic heterocycles. The van der Waals surface area contributed by atoms with Gasteiger partial charge in [0.05, 0.1) is 13.2 Å². The molecule has 1 fully saturated rings. The second kappa shape index (κ2) is 7.98. The summed E-state index contributed by atoms with van der Waals surface area (Å²) in [6.07, 6.45) is 0.236. The zero-order valence-corrected chi connectivity index (χ0v) is 15.7. The molecular weight excluding hydrogens is 366 g/mol. The summed E-state index contributed by atoms with van der Waals surface area (Å²) in [5, 5.41) is -0.447. The van der Waals surface area contributed by atoms with E-state index in [2.05, 4.69) is 9.08 Å². The summed E-state index contributed by atoms with van der Waals surface area (Å²) >= 11 is 0.796. The summed E-state index contributed by atoms with van der Waals surface area (Å²) in [5.41, 5.74) is -0.537. The maximum Gasteiger partial charge on any atom is 0.311 e. The molecule has 0 heterocycles. The number of carbonyl (C=O) groups excluding carboxylic acids is 2. The minimum absolute atomic E-state index is 0.178. The van der Waals surface area contributed by atoms with E-state index in [0.717, 1.165) is 16.8 Å². The molecule has 0 saturated heterocycles. The van der Waals surface area contributed by atoms with Crippen molar-refractivity contribution < 1.29 is 22.7 Å². The number of imide groups is 1. The van der Waals surface area contributed by atoms with Gasteiger partial charge >= 0.3 is 15.7 Å². The van der Waals surface area contributed by atoms with Gasteiger partial charge < -0.3 is 4.74 Å². The van der Waals surface area contributed by atoms with Crippen LogP contribution in [0.1, 0.15) is 18.9 Å². The molecule has 1 aliphatic rings. The van der Waals surface area contributed by atoms with E-state index in [4.69, 9.17) is 4.74 Å². The average molecular weight is 385 g/mol. The van der Waals surface area contributed by atoms with Gasteiger partial charge in [-0.25, -0.2) is 0 Å². The molecule has 0 bridgehead atoms. The van der Waals surface area contributed by atoms with Crippen molar-refractivity contribution in [3.05, 3.63) is 29.8 Å². The van der Waals surface area contributed by atoms with Crippen LogP contribution in [-0.4, -0.2) is 51.2 Å². The third-order valence-corrected chi connectivity index (χ3v) is 5.12. The summed E-state index contributed by atoms with van der Waals surface area (Å²) < 4.78 is 33.3. The molecule has 136 valence electrons. The van der Waals surface area contributed by atoms with Crippen LogP contribution in [0.3, 0.4) is 0 Å². The molecule has 0 spiro atoms. The van der Waals surface area contributed by atoms with E-state index in [9.17, 15) is 18.0 Å².